The fourth-order valence-corrected chi connectivity index (χ4v) is 13.2. The number of unbranched alkanes of at least 4 members (excludes halogenated alkanes) is 2. The maximum absolute atomic E-state index is 14.2. The monoisotopic (exact) mass is 1520 g/mol. The molecule has 2 unspecified atom stereocenters. The summed E-state index contributed by atoms with van der Waals surface area (Å²) < 4.78 is 73.7. The number of anilines is 1. The SMILES string of the molecule is COc1cc2c(cc1OCCCOc1cc3c(cc1OC)C(=O)N1C=C(c4ccc5c(c4)OCO5)C[C@H]1C=N3)N=C[C@@H]1CC(c3ccc(NC(=O)[C@H](C)CC(=O)C(NC(=O)CCCCCOCCOCCOCCOCCOCCOCCOCCNC(=O)CCN4C(=O)CC(C(C)C)C4=O)C(C)C)cc3)=CN1C2=O. The number of Topliss-reactive ketones (excluding diaryl/α,β-unsaturated/α-hetero) is 1. The van der Waals surface area contributed by atoms with Crippen molar-refractivity contribution in [2.24, 2.45) is 33.7 Å². The molecule has 6 aliphatic heterocycles. The molecule has 0 radical (unpaired) electrons. The number of carbonyl (C=O) groups excluding carboxylic acids is 8. The molecule has 4 aromatic rings. The molecule has 110 heavy (non-hydrogen) atoms. The lowest BCUT2D eigenvalue weighted by Crippen LogP contribution is -2.45. The maximum Gasteiger partial charge on any atom is 0.260 e. The predicted molar refractivity (Wildman–Crippen MR) is 408 cm³/mol. The minimum absolute atomic E-state index is 0.0542. The molecule has 0 bridgehead atoms. The normalized spacial score (nSPS) is 17.3. The van der Waals surface area contributed by atoms with Crippen LogP contribution < -0.4 is 44.4 Å². The highest BCUT2D eigenvalue weighted by atomic mass is 16.7. The van der Waals surface area contributed by atoms with Crippen LogP contribution >= 0.6 is 0 Å². The zero-order chi connectivity index (χ0) is 77.9. The van der Waals surface area contributed by atoms with Gasteiger partial charge in [0.2, 0.25) is 36.3 Å². The second-order valence-electron chi connectivity index (χ2n) is 28.1. The van der Waals surface area contributed by atoms with Crippen molar-refractivity contribution in [3.8, 4) is 34.5 Å². The first-order valence-corrected chi connectivity index (χ1v) is 38.0. The van der Waals surface area contributed by atoms with Gasteiger partial charge < -0.3 is 87.3 Å². The second kappa shape index (κ2) is 42.0. The van der Waals surface area contributed by atoms with Gasteiger partial charge in [0.1, 0.15) is 0 Å². The first-order chi connectivity index (χ1) is 53.4. The maximum atomic E-state index is 14.2. The Morgan fingerprint density at radius 3 is 1.58 bits per heavy atom. The van der Waals surface area contributed by atoms with Crippen molar-refractivity contribution < 1.29 is 99.9 Å². The Hall–Kier alpha value is -9.62. The number of nitrogens with zero attached hydrogens (tertiary/aromatic N) is 5. The van der Waals surface area contributed by atoms with Crippen molar-refractivity contribution in [2.75, 3.05) is 145 Å². The van der Waals surface area contributed by atoms with Crippen LogP contribution in [0, 0.1) is 23.7 Å². The van der Waals surface area contributed by atoms with E-state index in [1.807, 2.05) is 70.4 Å². The van der Waals surface area contributed by atoms with Crippen molar-refractivity contribution in [1.82, 2.24) is 25.3 Å². The number of hydrogen-bond acceptors (Lipinski definition) is 23. The molecular weight excluding hydrogens is 1420 g/mol. The summed E-state index contributed by atoms with van der Waals surface area (Å²) in [7, 11) is 3.03. The van der Waals surface area contributed by atoms with Crippen LogP contribution in [-0.4, -0.2) is 232 Å². The van der Waals surface area contributed by atoms with Crippen LogP contribution in [0.2, 0.25) is 0 Å². The Morgan fingerprint density at radius 1 is 0.536 bits per heavy atom. The first kappa shape index (κ1) is 82.9. The molecule has 29 heteroatoms. The van der Waals surface area contributed by atoms with Gasteiger partial charge in [-0.3, -0.25) is 53.2 Å². The number of methoxy groups -OCH3 is 2. The summed E-state index contributed by atoms with van der Waals surface area (Å²) >= 11 is 0. The summed E-state index contributed by atoms with van der Waals surface area (Å²) in [6.07, 6.45) is 11.4. The van der Waals surface area contributed by atoms with Gasteiger partial charge in [0.15, 0.2) is 40.3 Å². The van der Waals surface area contributed by atoms with Crippen LogP contribution in [0.25, 0.3) is 11.1 Å². The molecule has 3 N–H and O–H groups in total. The Morgan fingerprint density at radius 2 is 1.05 bits per heavy atom. The number of hydrogen-bond donors (Lipinski definition) is 3. The average molecular weight is 1530 g/mol. The van der Waals surface area contributed by atoms with Crippen LogP contribution in [0.4, 0.5) is 17.1 Å². The number of benzene rings is 4. The van der Waals surface area contributed by atoms with Gasteiger partial charge in [-0.15, -0.1) is 0 Å². The largest absolute Gasteiger partial charge is 0.493 e. The van der Waals surface area contributed by atoms with E-state index in [2.05, 4.69) is 16.0 Å². The summed E-state index contributed by atoms with van der Waals surface area (Å²) in [5.74, 6) is 0.0118. The van der Waals surface area contributed by atoms with Gasteiger partial charge in [-0.1, -0.05) is 59.2 Å². The molecule has 0 aromatic heterocycles. The predicted octanol–water partition coefficient (Wildman–Crippen LogP) is 9.11. The van der Waals surface area contributed by atoms with Crippen LogP contribution in [0.3, 0.4) is 0 Å². The highest BCUT2D eigenvalue weighted by molar-refractivity contribution is 6.07. The van der Waals surface area contributed by atoms with Gasteiger partial charge in [0.05, 0.1) is 154 Å². The summed E-state index contributed by atoms with van der Waals surface area (Å²) in [4.78, 5) is 119. The van der Waals surface area contributed by atoms with Gasteiger partial charge >= 0.3 is 0 Å². The average Bonchev–Trinajstić information content (AvgIpc) is 1.62. The van der Waals surface area contributed by atoms with Crippen molar-refractivity contribution in [1.29, 1.82) is 0 Å². The van der Waals surface area contributed by atoms with Gasteiger partial charge in [0.25, 0.3) is 11.8 Å². The third-order valence-electron chi connectivity index (χ3n) is 19.4. The molecule has 5 atom stereocenters. The minimum atomic E-state index is -0.738. The lowest BCUT2D eigenvalue weighted by Gasteiger charge is -2.23. The molecule has 6 heterocycles. The van der Waals surface area contributed by atoms with E-state index >= 15 is 0 Å². The van der Waals surface area contributed by atoms with Gasteiger partial charge in [-0.05, 0) is 83.3 Å². The molecule has 1 fully saturated rings. The highest BCUT2D eigenvalue weighted by Gasteiger charge is 2.41. The Kier molecular flexibility index (Phi) is 31.6. The molecular formula is C81H104N8O21. The van der Waals surface area contributed by atoms with Gasteiger partial charge in [-0.25, -0.2) is 0 Å². The first-order valence-electron chi connectivity index (χ1n) is 38.0. The van der Waals surface area contributed by atoms with E-state index < -0.39 is 12.0 Å². The van der Waals surface area contributed by atoms with E-state index in [1.54, 1.807) is 65.6 Å². The lowest BCUT2D eigenvalue weighted by atomic mass is 9.92. The van der Waals surface area contributed by atoms with Crippen LogP contribution in [-0.2, 0) is 61.9 Å². The molecule has 10 rings (SSSR count). The Balaban J connectivity index is 0.530. The van der Waals surface area contributed by atoms with Crippen molar-refractivity contribution in [3.05, 3.63) is 101 Å². The van der Waals surface area contributed by atoms with Crippen molar-refractivity contribution in [2.45, 2.75) is 117 Å². The minimum Gasteiger partial charge on any atom is -0.493 e. The number of amides is 7. The number of rotatable bonds is 48. The Labute approximate surface area is 641 Å². The van der Waals surface area contributed by atoms with Crippen LogP contribution in [0.1, 0.15) is 131 Å². The third-order valence-corrected chi connectivity index (χ3v) is 19.4. The quantitative estimate of drug-likeness (QED) is 0.0274. The molecule has 1 saturated heterocycles. The molecule has 0 saturated carbocycles. The van der Waals surface area contributed by atoms with Crippen molar-refractivity contribution in [3.63, 3.8) is 0 Å². The van der Waals surface area contributed by atoms with E-state index in [0.717, 1.165) is 35.1 Å². The number of aliphatic imine (C=N–C) groups is 2. The number of nitrogens with one attached hydrogen (secondary N) is 3. The van der Waals surface area contributed by atoms with E-state index in [-0.39, 0.29) is 129 Å². The zero-order valence-corrected chi connectivity index (χ0v) is 64.0. The van der Waals surface area contributed by atoms with E-state index in [0.29, 0.717) is 187 Å². The summed E-state index contributed by atoms with van der Waals surface area (Å²) in [5, 5.41) is 8.58. The van der Waals surface area contributed by atoms with Gasteiger partial charge in [0, 0.05) is 119 Å². The topological polar surface area (TPSA) is 327 Å². The number of ketones is 1. The van der Waals surface area contributed by atoms with E-state index in [1.165, 1.54) is 19.1 Å². The fraction of sp³-hybridized carbons (Fsp3) is 0.531. The number of imide groups is 1. The number of fused-ring (bicyclic) bond motifs is 5. The number of likely N-dealkylation sites (tertiary alicyclic amines) is 1. The number of ether oxygens (including phenoxy) is 13. The summed E-state index contributed by atoms with van der Waals surface area (Å²) in [6.45, 7) is 16.1. The molecule has 0 aliphatic carbocycles. The fourth-order valence-electron chi connectivity index (χ4n) is 13.2. The van der Waals surface area contributed by atoms with E-state index in [9.17, 15) is 38.4 Å². The summed E-state index contributed by atoms with van der Waals surface area (Å²) in [6, 6.07) is 18.4. The molecule has 0 spiro atoms. The van der Waals surface area contributed by atoms with Crippen molar-refractivity contribution >= 4 is 87.8 Å². The Bertz CT molecular complexity index is 3970. The standard InChI is InChI=1S/C81H104N8O21/c1-52(2)62-44-76(93)87(79(62)95)21-19-74(91)82-20-25-101-27-29-103-31-33-105-35-37-106-36-34-104-32-30-102-28-26-100-22-10-8-9-12-75(92)86-77(53(3)4)67(90)38-54(5)78(94)85-59-16-13-55(14-17-59)57-39-60-47-83-65-45-72(69(98-6)42-63(65)80(96)88(60)49-57)107-23-11-24-108-73-46-66-64(43-70(73)99-7)81(97)89-50-58(40-61(89)48-84-66)56-15-18-68-71(41-56)110-51-109-68/h13-18,41-43,45-50,52-54,60-62,77H,8-12,19-40,44,51H2,1-7H3,(H,82,91)(H,85,94)(H,86,92)/t54-,60+,61+,62?,77?/m1/s1. The zero-order valence-electron chi connectivity index (χ0n) is 64.0. The second-order valence-corrected chi connectivity index (χ2v) is 28.1. The van der Waals surface area contributed by atoms with Gasteiger partial charge in [-0.2, -0.15) is 0 Å². The molecule has 7 amide bonds. The molecule has 29 nitrogen and oxygen atoms in total. The van der Waals surface area contributed by atoms with Crippen LogP contribution in [0.15, 0.2) is 89.1 Å². The molecule has 6 aliphatic rings. The number of carbonyl (C=O) groups is 8. The third kappa shape index (κ3) is 23.2. The molecule has 594 valence electrons. The van der Waals surface area contributed by atoms with E-state index in [4.69, 9.17) is 71.6 Å². The molecule has 4 aromatic carbocycles. The highest BCUT2D eigenvalue weighted by Crippen LogP contribution is 2.44. The summed E-state index contributed by atoms with van der Waals surface area (Å²) in [5.41, 5.74) is 5.90. The lowest BCUT2D eigenvalue weighted by molar-refractivity contribution is -0.140. The smallest absolute Gasteiger partial charge is 0.260 e. The van der Waals surface area contributed by atoms with Crippen LogP contribution in [0.5, 0.6) is 34.5 Å².